The molecule has 1 amide bonds. The molecule has 0 aromatic carbocycles. The van der Waals surface area contributed by atoms with Gasteiger partial charge in [0.05, 0.1) is 0 Å². The first kappa shape index (κ1) is 13.2. The average molecular weight is 198 g/mol. The molecule has 0 saturated carbocycles. The number of nitrogens with one attached hydrogen (secondary N) is 1. The Hall–Kier alpha value is -0.830. The van der Waals surface area contributed by atoms with E-state index in [1.165, 1.54) is 0 Å². The zero-order chi connectivity index (χ0) is 11.3. The van der Waals surface area contributed by atoms with Crippen molar-refractivity contribution in [3.63, 3.8) is 0 Å². The molecule has 0 saturated heterocycles. The second-order valence-corrected chi connectivity index (χ2v) is 3.99. The van der Waals surface area contributed by atoms with Gasteiger partial charge in [-0.25, -0.2) is 5.01 Å². The highest BCUT2D eigenvalue weighted by Gasteiger charge is 2.16. The molecule has 1 N–H and O–H groups in total. The van der Waals surface area contributed by atoms with E-state index in [1.807, 2.05) is 11.9 Å². The first-order chi connectivity index (χ1) is 6.40. The number of nitrogens with zero attached hydrogens (tertiary/aromatic N) is 1. The van der Waals surface area contributed by atoms with E-state index in [0.717, 1.165) is 0 Å². The summed E-state index contributed by atoms with van der Waals surface area (Å²) in [6.07, 6.45) is 0.690. The molecule has 82 valence electrons. The fraction of sp³-hybridized carbons (Fsp3) is 0.727. The van der Waals surface area contributed by atoms with Crippen LogP contribution in [0, 0.1) is 0 Å². The second kappa shape index (κ2) is 5.81. The first-order valence-electron chi connectivity index (χ1n) is 5.17. The van der Waals surface area contributed by atoms with Gasteiger partial charge in [0.15, 0.2) is 0 Å². The van der Waals surface area contributed by atoms with Gasteiger partial charge in [0.1, 0.15) is 0 Å². The summed E-state index contributed by atoms with van der Waals surface area (Å²) in [6.45, 7) is 13.8. The molecule has 0 aromatic heterocycles. The van der Waals surface area contributed by atoms with Crippen LogP contribution < -0.4 is 5.43 Å². The lowest BCUT2D eigenvalue weighted by atomic mass is 10.2. The minimum absolute atomic E-state index is 0.0742. The van der Waals surface area contributed by atoms with Crippen LogP contribution in [-0.2, 0) is 4.79 Å². The molecule has 0 fully saturated rings. The third-order valence-electron chi connectivity index (χ3n) is 2.09. The summed E-state index contributed by atoms with van der Waals surface area (Å²) in [5.41, 5.74) is 3.48. The van der Waals surface area contributed by atoms with Crippen LogP contribution in [0.2, 0.25) is 0 Å². The predicted octanol–water partition coefficient (Wildman–Crippen LogP) is 2.10. The van der Waals surface area contributed by atoms with Gasteiger partial charge in [-0.2, -0.15) is 0 Å². The van der Waals surface area contributed by atoms with Crippen molar-refractivity contribution in [3.05, 3.63) is 12.2 Å². The van der Waals surface area contributed by atoms with Gasteiger partial charge in [-0.3, -0.25) is 10.2 Å². The molecule has 0 bridgehead atoms. The normalized spacial score (nSPS) is 11.1. The minimum atomic E-state index is -0.0742. The fourth-order valence-corrected chi connectivity index (χ4v) is 1.21. The molecule has 0 heterocycles. The molecule has 0 aliphatic heterocycles. The van der Waals surface area contributed by atoms with Crippen LogP contribution in [0.5, 0.6) is 0 Å². The number of carbonyl (C=O) groups is 1. The molecule has 3 nitrogen and oxygen atoms in total. The Balaban J connectivity index is 4.31. The van der Waals surface area contributed by atoms with Gasteiger partial charge >= 0.3 is 0 Å². The highest BCUT2D eigenvalue weighted by atomic mass is 16.2. The maximum absolute atomic E-state index is 11.5. The van der Waals surface area contributed by atoms with E-state index in [0.29, 0.717) is 24.1 Å². The largest absolute Gasteiger partial charge is 0.285 e. The summed E-state index contributed by atoms with van der Waals surface area (Å²) in [5.74, 6) is -0.0742. The van der Waals surface area contributed by atoms with Crippen LogP contribution in [0.25, 0.3) is 0 Å². The molecule has 0 atom stereocenters. The summed E-state index contributed by atoms with van der Waals surface area (Å²) in [7, 11) is 0. The van der Waals surface area contributed by atoms with Gasteiger partial charge in [0.2, 0.25) is 0 Å². The molecule has 0 aliphatic rings. The SMILES string of the molecule is C=C(CC)C(=O)NN(C(C)C)C(C)C. The Labute approximate surface area is 87.1 Å². The zero-order valence-corrected chi connectivity index (χ0v) is 9.92. The Kier molecular flexibility index (Phi) is 5.46. The maximum Gasteiger partial charge on any atom is 0.260 e. The van der Waals surface area contributed by atoms with Crippen LogP contribution in [0.4, 0.5) is 0 Å². The van der Waals surface area contributed by atoms with Crippen molar-refractivity contribution in [2.24, 2.45) is 0 Å². The number of amides is 1. The van der Waals surface area contributed by atoms with Gasteiger partial charge < -0.3 is 0 Å². The van der Waals surface area contributed by atoms with E-state index in [1.54, 1.807) is 0 Å². The van der Waals surface area contributed by atoms with Crippen molar-refractivity contribution in [2.75, 3.05) is 0 Å². The Bertz CT molecular complexity index is 201. The third-order valence-corrected chi connectivity index (χ3v) is 2.09. The van der Waals surface area contributed by atoms with Crippen LogP contribution in [0.1, 0.15) is 41.0 Å². The number of hydrazine groups is 1. The predicted molar refractivity (Wildman–Crippen MR) is 59.7 cm³/mol. The van der Waals surface area contributed by atoms with Crippen LogP contribution >= 0.6 is 0 Å². The number of hydrogen-bond donors (Lipinski definition) is 1. The molecule has 3 heteroatoms. The standard InChI is InChI=1S/C11H22N2O/c1-7-10(6)11(14)12-13(8(2)3)9(4)5/h8-9H,6-7H2,1-5H3,(H,12,14). The molecular weight excluding hydrogens is 176 g/mol. The second-order valence-electron chi connectivity index (χ2n) is 3.99. The van der Waals surface area contributed by atoms with Crippen LogP contribution in [0.3, 0.4) is 0 Å². The summed E-state index contributed by atoms with van der Waals surface area (Å²) in [5, 5.41) is 1.93. The van der Waals surface area contributed by atoms with Gasteiger partial charge in [0.25, 0.3) is 5.91 Å². The third kappa shape index (κ3) is 3.92. The Morgan fingerprint density at radius 3 is 2.00 bits per heavy atom. The van der Waals surface area contributed by atoms with Crippen molar-refractivity contribution in [1.82, 2.24) is 10.4 Å². The molecule has 0 radical (unpaired) electrons. The van der Waals surface area contributed by atoms with Crippen LogP contribution in [-0.4, -0.2) is 23.0 Å². The van der Waals surface area contributed by atoms with E-state index < -0.39 is 0 Å². The topological polar surface area (TPSA) is 32.3 Å². The smallest absolute Gasteiger partial charge is 0.260 e. The molecule has 0 aromatic rings. The zero-order valence-electron chi connectivity index (χ0n) is 9.92. The average Bonchev–Trinajstić information content (AvgIpc) is 2.11. The van der Waals surface area contributed by atoms with Crippen molar-refractivity contribution >= 4 is 5.91 Å². The quantitative estimate of drug-likeness (QED) is 0.542. The van der Waals surface area contributed by atoms with Crippen molar-refractivity contribution < 1.29 is 4.79 Å². The van der Waals surface area contributed by atoms with E-state index in [4.69, 9.17) is 0 Å². The van der Waals surface area contributed by atoms with Crippen LogP contribution in [0.15, 0.2) is 12.2 Å². The molecule has 0 unspecified atom stereocenters. The maximum atomic E-state index is 11.5. The molecular formula is C11H22N2O. The lowest BCUT2D eigenvalue weighted by molar-refractivity contribution is -0.124. The van der Waals surface area contributed by atoms with Gasteiger partial charge in [-0.1, -0.05) is 13.5 Å². The monoisotopic (exact) mass is 198 g/mol. The van der Waals surface area contributed by atoms with Gasteiger partial charge in [0, 0.05) is 17.7 Å². The lowest BCUT2D eigenvalue weighted by Crippen LogP contribution is -2.50. The first-order valence-corrected chi connectivity index (χ1v) is 5.17. The molecule has 0 aliphatic carbocycles. The number of carbonyl (C=O) groups excluding carboxylic acids is 1. The van der Waals surface area contributed by atoms with E-state index in [2.05, 4.69) is 39.7 Å². The molecule has 0 rings (SSSR count). The number of hydrogen-bond acceptors (Lipinski definition) is 2. The fourth-order valence-electron chi connectivity index (χ4n) is 1.21. The number of rotatable bonds is 5. The van der Waals surface area contributed by atoms with Crippen molar-refractivity contribution in [1.29, 1.82) is 0 Å². The van der Waals surface area contributed by atoms with Gasteiger partial charge in [-0.15, -0.1) is 0 Å². The highest BCUT2D eigenvalue weighted by Crippen LogP contribution is 2.03. The lowest BCUT2D eigenvalue weighted by Gasteiger charge is -2.30. The van der Waals surface area contributed by atoms with E-state index in [9.17, 15) is 4.79 Å². The van der Waals surface area contributed by atoms with E-state index >= 15 is 0 Å². The minimum Gasteiger partial charge on any atom is -0.285 e. The highest BCUT2D eigenvalue weighted by molar-refractivity contribution is 5.92. The van der Waals surface area contributed by atoms with Gasteiger partial charge in [-0.05, 0) is 34.1 Å². The van der Waals surface area contributed by atoms with E-state index in [-0.39, 0.29) is 5.91 Å². The summed E-state index contributed by atoms with van der Waals surface area (Å²) >= 11 is 0. The summed E-state index contributed by atoms with van der Waals surface area (Å²) in [4.78, 5) is 11.5. The molecule has 14 heavy (non-hydrogen) atoms. The Morgan fingerprint density at radius 2 is 1.71 bits per heavy atom. The summed E-state index contributed by atoms with van der Waals surface area (Å²) < 4.78 is 0. The van der Waals surface area contributed by atoms with Crippen molar-refractivity contribution in [3.8, 4) is 0 Å². The molecule has 0 spiro atoms. The Morgan fingerprint density at radius 1 is 1.29 bits per heavy atom. The van der Waals surface area contributed by atoms with Crippen molar-refractivity contribution in [2.45, 2.75) is 53.1 Å². The summed E-state index contributed by atoms with van der Waals surface area (Å²) in [6, 6.07) is 0.590.